The van der Waals surface area contributed by atoms with Crippen molar-refractivity contribution in [1.29, 1.82) is 0 Å². The van der Waals surface area contributed by atoms with Gasteiger partial charge in [-0.05, 0) is 24.1 Å². The molecule has 0 saturated carbocycles. The Balaban J connectivity index is 1.93. The Morgan fingerprint density at radius 2 is 1.81 bits per heavy atom. The molecule has 26 heavy (non-hydrogen) atoms. The second kappa shape index (κ2) is 9.11. The summed E-state index contributed by atoms with van der Waals surface area (Å²) in [7, 11) is -0.406. The minimum atomic E-state index is -3.51. The summed E-state index contributed by atoms with van der Waals surface area (Å²) < 4.78 is 31.7. The molecular weight excluding hydrogens is 358 g/mol. The van der Waals surface area contributed by atoms with Crippen molar-refractivity contribution in [2.75, 3.05) is 46.9 Å². The molecule has 2 amide bonds. The summed E-state index contributed by atoms with van der Waals surface area (Å²) in [6.07, 6.45) is 0.734. The first-order valence-electron chi connectivity index (χ1n) is 8.46. The van der Waals surface area contributed by atoms with E-state index in [1.165, 1.54) is 16.3 Å². The molecule has 1 heterocycles. The van der Waals surface area contributed by atoms with Gasteiger partial charge in [-0.2, -0.15) is 4.31 Å². The average Bonchev–Trinajstić information content (AvgIpc) is 2.66. The van der Waals surface area contributed by atoms with E-state index in [0.29, 0.717) is 32.7 Å². The van der Waals surface area contributed by atoms with Gasteiger partial charge in [0.15, 0.2) is 0 Å². The van der Waals surface area contributed by atoms with Gasteiger partial charge >= 0.3 is 0 Å². The number of rotatable bonds is 7. The van der Waals surface area contributed by atoms with Crippen molar-refractivity contribution in [2.24, 2.45) is 0 Å². The number of ether oxygens (including phenoxy) is 1. The Bertz CT molecular complexity index is 727. The Hall–Kier alpha value is -1.97. The quantitative estimate of drug-likeness (QED) is 0.706. The van der Waals surface area contributed by atoms with Crippen LogP contribution < -0.4 is 5.32 Å². The van der Waals surface area contributed by atoms with Crippen molar-refractivity contribution in [2.45, 2.75) is 17.7 Å². The third-order valence-electron chi connectivity index (χ3n) is 4.24. The number of carbonyl (C=O) groups is 2. The first-order chi connectivity index (χ1) is 12.3. The minimum absolute atomic E-state index is 0.0199. The van der Waals surface area contributed by atoms with E-state index in [9.17, 15) is 18.0 Å². The van der Waals surface area contributed by atoms with Crippen molar-refractivity contribution in [3.05, 3.63) is 29.8 Å². The van der Waals surface area contributed by atoms with Gasteiger partial charge in [0, 0.05) is 33.6 Å². The molecule has 1 aromatic carbocycles. The van der Waals surface area contributed by atoms with Crippen LogP contribution in [0, 0.1) is 0 Å². The molecule has 0 bridgehead atoms. The summed E-state index contributed by atoms with van der Waals surface area (Å²) in [4.78, 5) is 24.9. The number of hydrogen-bond acceptors (Lipinski definition) is 5. The molecule has 0 radical (unpaired) electrons. The normalized spacial score (nSPS) is 15.5. The Morgan fingerprint density at radius 1 is 1.19 bits per heavy atom. The number of benzene rings is 1. The maximum Gasteiger partial charge on any atom is 0.243 e. The molecule has 0 aromatic heterocycles. The fraction of sp³-hybridized carbons (Fsp3) is 0.529. The van der Waals surface area contributed by atoms with Crippen LogP contribution in [0.4, 0.5) is 0 Å². The molecule has 0 unspecified atom stereocenters. The lowest BCUT2D eigenvalue weighted by atomic mass is 10.1. The van der Waals surface area contributed by atoms with Crippen LogP contribution in [-0.4, -0.2) is 76.4 Å². The SMILES string of the molecule is CNC(=O)CN(C)C(=O)CCc1ccc(S(=O)(=O)N2CCOCC2)cc1. The molecule has 1 N–H and O–H groups in total. The maximum absolute atomic E-state index is 12.6. The van der Waals surface area contributed by atoms with Crippen molar-refractivity contribution in [3.8, 4) is 0 Å². The van der Waals surface area contributed by atoms with E-state index in [1.54, 1.807) is 31.3 Å². The van der Waals surface area contributed by atoms with Gasteiger partial charge in [0.25, 0.3) is 0 Å². The highest BCUT2D eigenvalue weighted by Gasteiger charge is 2.26. The van der Waals surface area contributed by atoms with Crippen LogP contribution in [0.1, 0.15) is 12.0 Å². The van der Waals surface area contributed by atoms with Gasteiger partial charge in [-0.3, -0.25) is 9.59 Å². The van der Waals surface area contributed by atoms with Gasteiger partial charge in [0.2, 0.25) is 21.8 Å². The Kier molecular flexibility index (Phi) is 7.13. The number of morpholine rings is 1. The monoisotopic (exact) mass is 383 g/mol. The largest absolute Gasteiger partial charge is 0.379 e. The standard InChI is InChI=1S/C17H25N3O5S/c1-18-16(21)13-19(2)17(22)8-5-14-3-6-15(7-4-14)26(23,24)20-9-11-25-12-10-20/h3-4,6-7H,5,8-13H2,1-2H3,(H,18,21). The van der Waals surface area contributed by atoms with Crippen LogP contribution in [0.2, 0.25) is 0 Å². The van der Waals surface area contributed by atoms with E-state index in [-0.39, 0.29) is 29.7 Å². The van der Waals surface area contributed by atoms with Crippen molar-refractivity contribution in [3.63, 3.8) is 0 Å². The molecule has 1 aliphatic rings. The lowest BCUT2D eigenvalue weighted by Gasteiger charge is -2.26. The van der Waals surface area contributed by atoms with Gasteiger partial charge in [0.1, 0.15) is 0 Å². The second-order valence-corrected chi connectivity index (χ2v) is 8.02. The summed E-state index contributed by atoms with van der Waals surface area (Å²) in [6, 6.07) is 6.58. The molecule has 1 aromatic rings. The Morgan fingerprint density at radius 3 is 2.38 bits per heavy atom. The number of amides is 2. The summed E-state index contributed by atoms with van der Waals surface area (Å²) in [5.74, 6) is -0.364. The predicted molar refractivity (Wildman–Crippen MR) is 96.0 cm³/mol. The molecule has 1 aliphatic heterocycles. The second-order valence-electron chi connectivity index (χ2n) is 6.08. The number of sulfonamides is 1. The van der Waals surface area contributed by atoms with Gasteiger partial charge in [-0.15, -0.1) is 0 Å². The molecule has 8 nitrogen and oxygen atoms in total. The van der Waals surface area contributed by atoms with Crippen LogP contribution in [0.25, 0.3) is 0 Å². The number of nitrogens with one attached hydrogen (secondary N) is 1. The number of nitrogens with zero attached hydrogens (tertiary/aromatic N) is 2. The van der Waals surface area contributed by atoms with Crippen molar-refractivity contribution >= 4 is 21.8 Å². The van der Waals surface area contributed by atoms with Gasteiger partial charge in [-0.1, -0.05) is 12.1 Å². The molecule has 0 aliphatic carbocycles. The van der Waals surface area contributed by atoms with E-state index in [2.05, 4.69) is 5.32 Å². The summed E-state index contributed by atoms with van der Waals surface area (Å²) >= 11 is 0. The van der Waals surface area contributed by atoms with E-state index in [1.807, 2.05) is 0 Å². The molecular formula is C17H25N3O5S. The fourth-order valence-corrected chi connectivity index (χ4v) is 4.00. The van der Waals surface area contributed by atoms with Gasteiger partial charge in [0.05, 0.1) is 24.7 Å². The molecule has 9 heteroatoms. The van der Waals surface area contributed by atoms with Crippen molar-refractivity contribution < 1.29 is 22.7 Å². The number of aryl methyl sites for hydroxylation is 1. The van der Waals surface area contributed by atoms with Crippen LogP contribution in [0.15, 0.2) is 29.2 Å². The summed E-state index contributed by atoms with van der Waals surface area (Å²) in [6.45, 7) is 1.55. The zero-order valence-electron chi connectivity index (χ0n) is 15.1. The highest BCUT2D eigenvalue weighted by Crippen LogP contribution is 2.18. The average molecular weight is 383 g/mol. The highest BCUT2D eigenvalue weighted by atomic mass is 32.2. The third kappa shape index (κ3) is 5.26. The van der Waals surface area contributed by atoms with E-state index in [4.69, 9.17) is 4.74 Å². The summed E-state index contributed by atoms with van der Waals surface area (Å²) in [5.41, 5.74) is 0.868. The zero-order valence-corrected chi connectivity index (χ0v) is 15.9. The maximum atomic E-state index is 12.6. The van der Waals surface area contributed by atoms with E-state index >= 15 is 0 Å². The predicted octanol–water partition coefficient (Wildman–Crippen LogP) is -0.155. The number of hydrogen-bond donors (Lipinski definition) is 1. The zero-order chi connectivity index (χ0) is 19.2. The van der Waals surface area contributed by atoms with E-state index in [0.717, 1.165) is 5.56 Å². The lowest BCUT2D eigenvalue weighted by Crippen LogP contribution is -2.40. The first-order valence-corrected chi connectivity index (χ1v) is 9.90. The first kappa shape index (κ1) is 20.3. The Labute approximate surface area is 154 Å². The number of likely N-dealkylation sites (N-methyl/N-ethyl adjacent to an activating group) is 2. The fourth-order valence-electron chi connectivity index (χ4n) is 2.59. The van der Waals surface area contributed by atoms with Crippen LogP contribution in [0.5, 0.6) is 0 Å². The molecule has 2 rings (SSSR count). The smallest absolute Gasteiger partial charge is 0.243 e. The van der Waals surface area contributed by atoms with Crippen LogP contribution >= 0.6 is 0 Å². The third-order valence-corrected chi connectivity index (χ3v) is 6.16. The molecule has 1 fully saturated rings. The molecule has 144 valence electrons. The number of carbonyl (C=O) groups excluding carboxylic acids is 2. The van der Waals surface area contributed by atoms with Gasteiger partial charge < -0.3 is 15.0 Å². The van der Waals surface area contributed by atoms with Crippen LogP contribution in [-0.2, 0) is 30.8 Å². The van der Waals surface area contributed by atoms with Crippen LogP contribution in [0.3, 0.4) is 0 Å². The molecule has 1 saturated heterocycles. The van der Waals surface area contributed by atoms with Crippen molar-refractivity contribution in [1.82, 2.24) is 14.5 Å². The topological polar surface area (TPSA) is 96.0 Å². The molecule has 0 atom stereocenters. The highest BCUT2D eigenvalue weighted by molar-refractivity contribution is 7.89. The minimum Gasteiger partial charge on any atom is -0.379 e. The van der Waals surface area contributed by atoms with Gasteiger partial charge in [-0.25, -0.2) is 8.42 Å². The summed E-state index contributed by atoms with van der Waals surface area (Å²) in [5, 5.41) is 2.47. The molecule has 0 spiro atoms. The van der Waals surface area contributed by atoms with E-state index < -0.39 is 10.0 Å². The lowest BCUT2D eigenvalue weighted by molar-refractivity contribution is -0.134.